The third kappa shape index (κ3) is 4.79. The van der Waals surface area contributed by atoms with Crippen LogP contribution in [0.3, 0.4) is 0 Å². The summed E-state index contributed by atoms with van der Waals surface area (Å²) in [6.07, 6.45) is 9.29. The van der Waals surface area contributed by atoms with Crippen molar-refractivity contribution >= 4 is 17.7 Å². The molecule has 0 bridgehead atoms. The van der Waals surface area contributed by atoms with E-state index in [1.165, 1.54) is 18.0 Å². The highest BCUT2D eigenvalue weighted by Crippen LogP contribution is 2.45. The molecular formula is C24H28N2O3S. The van der Waals surface area contributed by atoms with Gasteiger partial charge in [0.15, 0.2) is 0 Å². The SMILES string of the molecule is CCCC(=O)Oc1cnc(C#Cc2cc3c(cc2SC)OCCC3(CC)CC)cn1. The van der Waals surface area contributed by atoms with Crippen LogP contribution in [0.2, 0.25) is 0 Å². The van der Waals surface area contributed by atoms with Gasteiger partial charge in [0.1, 0.15) is 11.4 Å². The van der Waals surface area contributed by atoms with Gasteiger partial charge >= 0.3 is 5.97 Å². The Morgan fingerprint density at radius 1 is 1.20 bits per heavy atom. The quantitative estimate of drug-likeness (QED) is 0.363. The van der Waals surface area contributed by atoms with Gasteiger partial charge in [-0.25, -0.2) is 9.97 Å². The Labute approximate surface area is 183 Å². The lowest BCUT2D eigenvalue weighted by Crippen LogP contribution is -2.31. The molecule has 2 heterocycles. The number of fused-ring (bicyclic) bond motifs is 1. The van der Waals surface area contributed by atoms with Crippen molar-refractivity contribution in [1.82, 2.24) is 9.97 Å². The Morgan fingerprint density at radius 2 is 2.00 bits per heavy atom. The van der Waals surface area contributed by atoms with Gasteiger partial charge < -0.3 is 9.47 Å². The number of hydrogen-bond donors (Lipinski definition) is 0. The number of aromatic nitrogens is 2. The predicted octanol–water partition coefficient (Wildman–Crippen LogP) is 5.14. The van der Waals surface area contributed by atoms with Crippen molar-refractivity contribution in [2.75, 3.05) is 12.9 Å². The summed E-state index contributed by atoms with van der Waals surface area (Å²) in [5.41, 5.74) is 2.90. The van der Waals surface area contributed by atoms with E-state index in [-0.39, 0.29) is 17.3 Å². The summed E-state index contributed by atoms with van der Waals surface area (Å²) < 4.78 is 11.1. The Hall–Kier alpha value is -2.52. The molecule has 2 aromatic rings. The molecule has 0 fully saturated rings. The van der Waals surface area contributed by atoms with Gasteiger partial charge in [0.2, 0.25) is 5.88 Å². The van der Waals surface area contributed by atoms with Gasteiger partial charge in [-0.2, -0.15) is 0 Å². The van der Waals surface area contributed by atoms with Gasteiger partial charge in [-0.05, 0) is 50.0 Å². The summed E-state index contributed by atoms with van der Waals surface area (Å²) in [4.78, 5) is 21.1. The van der Waals surface area contributed by atoms with Gasteiger partial charge in [-0.3, -0.25) is 4.79 Å². The second-order valence-electron chi connectivity index (χ2n) is 7.35. The molecule has 0 N–H and O–H groups in total. The second-order valence-corrected chi connectivity index (χ2v) is 8.20. The molecule has 0 amide bonds. The average molecular weight is 425 g/mol. The molecule has 0 aliphatic carbocycles. The Bertz CT molecular complexity index is 957. The van der Waals surface area contributed by atoms with E-state index in [2.05, 4.69) is 47.8 Å². The van der Waals surface area contributed by atoms with E-state index in [9.17, 15) is 4.79 Å². The van der Waals surface area contributed by atoms with Gasteiger partial charge in [-0.15, -0.1) is 11.8 Å². The zero-order valence-electron chi connectivity index (χ0n) is 18.1. The molecule has 1 aromatic heterocycles. The van der Waals surface area contributed by atoms with Gasteiger partial charge in [-0.1, -0.05) is 26.7 Å². The highest BCUT2D eigenvalue weighted by Gasteiger charge is 2.35. The van der Waals surface area contributed by atoms with Crippen LogP contribution < -0.4 is 9.47 Å². The maximum atomic E-state index is 11.6. The summed E-state index contributed by atoms with van der Waals surface area (Å²) in [5, 5.41) is 0. The molecule has 6 heteroatoms. The molecule has 0 atom stereocenters. The number of nitrogens with zero attached hydrogens (tertiary/aromatic N) is 2. The van der Waals surface area contributed by atoms with Gasteiger partial charge in [0.25, 0.3) is 0 Å². The van der Waals surface area contributed by atoms with Crippen molar-refractivity contribution in [2.45, 2.75) is 63.2 Å². The summed E-state index contributed by atoms with van der Waals surface area (Å²) in [5.74, 6) is 7.23. The third-order valence-electron chi connectivity index (χ3n) is 5.69. The summed E-state index contributed by atoms with van der Waals surface area (Å²) in [6, 6.07) is 4.31. The van der Waals surface area contributed by atoms with Crippen LogP contribution in [-0.4, -0.2) is 28.8 Å². The number of carbonyl (C=O) groups is 1. The molecule has 5 nitrogen and oxygen atoms in total. The molecule has 158 valence electrons. The van der Waals surface area contributed by atoms with E-state index in [1.807, 2.05) is 13.2 Å². The standard InChI is InChI=1S/C24H28N2O3S/c1-5-8-23(27)29-22-16-25-18(15-26-22)10-9-17-13-19-20(14-21(17)30-4)28-12-11-24(19,6-2)7-3/h13-16H,5-8,11-12H2,1-4H3. The van der Waals surface area contributed by atoms with Crippen LogP contribution in [0.5, 0.6) is 11.6 Å². The lowest BCUT2D eigenvalue weighted by molar-refractivity contribution is -0.134. The number of hydrogen-bond acceptors (Lipinski definition) is 6. The minimum absolute atomic E-state index is 0.144. The van der Waals surface area contributed by atoms with Crippen LogP contribution in [-0.2, 0) is 10.2 Å². The largest absolute Gasteiger partial charge is 0.493 e. The minimum Gasteiger partial charge on any atom is -0.493 e. The molecule has 0 saturated heterocycles. The summed E-state index contributed by atoms with van der Waals surface area (Å²) in [7, 11) is 0. The Morgan fingerprint density at radius 3 is 2.63 bits per heavy atom. The van der Waals surface area contributed by atoms with E-state index in [4.69, 9.17) is 9.47 Å². The van der Waals surface area contributed by atoms with E-state index in [0.717, 1.165) is 48.5 Å². The highest BCUT2D eigenvalue weighted by molar-refractivity contribution is 7.98. The zero-order chi connectivity index (χ0) is 21.6. The molecule has 0 saturated carbocycles. The normalized spacial score (nSPS) is 14.1. The summed E-state index contributed by atoms with van der Waals surface area (Å²) >= 11 is 1.66. The van der Waals surface area contributed by atoms with E-state index < -0.39 is 0 Å². The van der Waals surface area contributed by atoms with Gasteiger partial charge in [0.05, 0.1) is 19.0 Å². The maximum absolute atomic E-state index is 11.6. The summed E-state index contributed by atoms with van der Waals surface area (Å²) in [6.45, 7) is 7.18. The first-order chi connectivity index (χ1) is 14.5. The van der Waals surface area contributed by atoms with Crippen LogP contribution in [0.4, 0.5) is 0 Å². The predicted molar refractivity (Wildman–Crippen MR) is 119 cm³/mol. The first-order valence-corrected chi connectivity index (χ1v) is 11.7. The first kappa shape index (κ1) is 22.2. The second kappa shape index (κ2) is 9.99. The van der Waals surface area contributed by atoms with Crippen molar-refractivity contribution in [1.29, 1.82) is 0 Å². The van der Waals surface area contributed by atoms with E-state index in [1.54, 1.807) is 11.8 Å². The van der Waals surface area contributed by atoms with Crippen LogP contribution in [0, 0.1) is 11.8 Å². The Balaban J connectivity index is 1.89. The Kier molecular flexibility index (Phi) is 7.38. The molecule has 0 spiro atoms. The topological polar surface area (TPSA) is 61.3 Å². The van der Waals surface area contributed by atoms with Crippen molar-refractivity contribution in [3.8, 4) is 23.5 Å². The number of benzene rings is 1. The van der Waals surface area contributed by atoms with Gasteiger partial charge in [0, 0.05) is 27.9 Å². The molecule has 0 unspecified atom stereocenters. The smallest absolute Gasteiger partial charge is 0.312 e. The number of esters is 1. The number of carbonyl (C=O) groups excluding carboxylic acids is 1. The molecule has 1 aliphatic rings. The van der Waals surface area contributed by atoms with Crippen LogP contribution in [0.25, 0.3) is 0 Å². The lowest BCUT2D eigenvalue weighted by atomic mass is 9.71. The monoisotopic (exact) mass is 424 g/mol. The fourth-order valence-electron chi connectivity index (χ4n) is 3.77. The number of thioether (sulfide) groups is 1. The third-order valence-corrected chi connectivity index (χ3v) is 6.47. The van der Waals surface area contributed by atoms with E-state index >= 15 is 0 Å². The number of ether oxygens (including phenoxy) is 2. The van der Waals surface area contributed by atoms with Crippen LogP contribution >= 0.6 is 11.8 Å². The highest BCUT2D eigenvalue weighted by atomic mass is 32.2. The molecule has 30 heavy (non-hydrogen) atoms. The maximum Gasteiger partial charge on any atom is 0.312 e. The lowest BCUT2D eigenvalue weighted by Gasteiger charge is -2.38. The van der Waals surface area contributed by atoms with Crippen molar-refractivity contribution < 1.29 is 14.3 Å². The van der Waals surface area contributed by atoms with E-state index in [0.29, 0.717) is 12.1 Å². The van der Waals surface area contributed by atoms with Crippen LogP contribution in [0.1, 0.15) is 69.7 Å². The fourth-order valence-corrected chi connectivity index (χ4v) is 4.33. The van der Waals surface area contributed by atoms with Crippen molar-refractivity contribution in [3.05, 3.63) is 41.3 Å². The molecular weight excluding hydrogens is 396 g/mol. The fraction of sp³-hybridized carbons (Fsp3) is 0.458. The molecule has 1 aromatic carbocycles. The number of rotatable bonds is 6. The van der Waals surface area contributed by atoms with Crippen molar-refractivity contribution in [2.24, 2.45) is 0 Å². The first-order valence-electron chi connectivity index (χ1n) is 10.4. The molecule has 0 radical (unpaired) electrons. The van der Waals surface area contributed by atoms with Crippen molar-refractivity contribution in [3.63, 3.8) is 0 Å². The zero-order valence-corrected chi connectivity index (χ0v) is 18.9. The van der Waals surface area contributed by atoms with Crippen LogP contribution in [0.15, 0.2) is 29.4 Å². The molecule has 3 rings (SSSR count). The average Bonchev–Trinajstić information content (AvgIpc) is 2.77. The molecule has 1 aliphatic heterocycles. The minimum atomic E-state index is -0.304.